The second-order valence-corrected chi connectivity index (χ2v) is 6.40. The van der Waals surface area contributed by atoms with Crippen LogP contribution in [0.4, 0.5) is 0 Å². The topological polar surface area (TPSA) is 83.8 Å². The Hall–Kier alpha value is -0.930. The van der Waals surface area contributed by atoms with E-state index in [-0.39, 0.29) is 11.5 Å². The minimum atomic E-state index is -3.53. The van der Waals surface area contributed by atoms with Crippen LogP contribution in [0.15, 0.2) is 17.2 Å². The van der Waals surface area contributed by atoms with E-state index in [0.29, 0.717) is 25.4 Å². The molecule has 0 amide bonds. The molecule has 0 saturated heterocycles. The summed E-state index contributed by atoms with van der Waals surface area (Å²) in [5, 5.41) is 9.07. The van der Waals surface area contributed by atoms with Gasteiger partial charge in [-0.3, -0.25) is 0 Å². The van der Waals surface area contributed by atoms with Crippen molar-refractivity contribution in [1.82, 2.24) is 14.2 Å². The monoisotopic (exact) mass is 305 g/mol. The van der Waals surface area contributed by atoms with Crippen LogP contribution < -0.4 is 4.72 Å². The van der Waals surface area contributed by atoms with Crippen LogP contribution in [0.3, 0.4) is 0 Å². The lowest BCUT2D eigenvalue weighted by molar-refractivity contribution is 0.162. The summed E-state index contributed by atoms with van der Waals surface area (Å²) in [7, 11) is 1.70. The molecule has 0 atom stereocenters. The first-order valence-electron chi connectivity index (χ1n) is 6.34. The maximum atomic E-state index is 12.1. The average molecular weight is 305 g/mol. The highest BCUT2D eigenvalue weighted by atomic mass is 32.2. The highest BCUT2D eigenvalue weighted by molar-refractivity contribution is 7.89. The van der Waals surface area contributed by atoms with E-state index in [1.54, 1.807) is 18.7 Å². The predicted molar refractivity (Wildman–Crippen MR) is 75.9 cm³/mol. The minimum Gasteiger partial charge on any atom is -0.390 e. The molecule has 1 aromatic rings. The summed E-state index contributed by atoms with van der Waals surface area (Å²) in [4.78, 5) is 2.15. The number of hydrogen-bond donors (Lipinski definition) is 2. The fraction of sp³-hybridized carbons (Fsp3) is 0.667. The van der Waals surface area contributed by atoms with Crippen LogP contribution in [0.25, 0.3) is 0 Å². The van der Waals surface area contributed by atoms with Gasteiger partial charge in [-0.25, -0.2) is 13.1 Å². The predicted octanol–water partition coefficient (Wildman–Crippen LogP) is -0.626. The van der Waals surface area contributed by atoms with E-state index < -0.39 is 10.0 Å². The maximum absolute atomic E-state index is 12.1. The molecule has 0 aliphatic rings. The van der Waals surface area contributed by atoms with Crippen LogP contribution in [0.1, 0.15) is 5.69 Å². The zero-order valence-corrected chi connectivity index (χ0v) is 13.0. The van der Waals surface area contributed by atoms with Crippen LogP contribution in [-0.2, 0) is 28.4 Å². The summed E-state index contributed by atoms with van der Waals surface area (Å²) >= 11 is 0. The molecule has 0 spiro atoms. The maximum Gasteiger partial charge on any atom is 0.242 e. The molecule has 8 heteroatoms. The van der Waals surface area contributed by atoms with Gasteiger partial charge < -0.3 is 19.3 Å². The lowest BCUT2D eigenvalue weighted by Crippen LogP contribution is -2.34. The van der Waals surface area contributed by atoms with Crippen LogP contribution >= 0.6 is 0 Å². The van der Waals surface area contributed by atoms with Crippen molar-refractivity contribution >= 4 is 10.0 Å². The molecular formula is C12H23N3O4S. The van der Waals surface area contributed by atoms with Gasteiger partial charge in [0.1, 0.15) is 0 Å². The van der Waals surface area contributed by atoms with Gasteiger partial charge in [-0.2, -0.15) is 0 Å². The van der Waals surface area contributed by atoms with Gasteiger partial charge in [0, 0.05) is 45.7 Å². The average Bonchev–Trinajstić information content (AvgIpc) is 2.78. The first-order valence-corrected chi connectivity index (χ1v) is 7.82. The first kappa shape index (κ1) is 17.1. The number of aliphatic hydroxyl groups is 1. The molecular weight excluding hydrogens is 282 g/mol. The molecule has 1 aromatic heterocycles. The van der Waals surface area contributed by atoms with Gasteiger partial charge in [0.05, 0.1) is 18.1 Å². The molecule has 0 radical (unpaired) electrons. The first-order chi connectivity index (χ1) is 9.40. The molecule has 1 rings (SSSR count). The fourth-order valence-corrected chi connectivity index (χ4v) is 2.81. The fourth-order valence-electron chi connectivity index (χ4n) is 1.69. The van der Waals surface area contributed by atoms with Gasteiger partial charge in [-0.15, -0.1) is 0 Å². The van der Waals surface area contributed by atoms with E-state index in [9.17, 15) is 8.42 Å². The Bertz CT molecular complexity index is 513. The third kappa shape index (κ3) is 4.88. The summed E-state index contributed by atoms with van der Waals surface area (Å²) in [5.41, 5.74) is 0.558. The summed E-state index contributed by atoms with van der Waals surface area (Å²) < 4.78 is 33.2. The molecule has 20 heavy (non-hydrogen) atoms. The van der Waals surface area contributed by atoms with Gasteiger partial charge >= 0.3 is 0 Å². The van der Waals surface area contributed by atoms with Gasteiger partial charge in [0.25, 0.3) is 0 Å². The van der Waals surface area contributed by atoms with Crippen LogP contribution in [0.5, 0.6) is 0 Å². The number of methoxy groups -OCH3 is 1. The Morgan fingerprint density at radius 2 is 2.15 bits per heavy atom. The van der Waals surface area contributed by atoms with E-state index >= 15 is 0 Å². The van der Waals surface area contributed by atoms with E-state index in [0.717, 1.165) is 6.54 Å². The molecule has 0 bridgehead atoms. The van der Waals surface area contributed by atoms with Crippen molar-refractivity contribution in [3.63, 3.8) is 0 Å². The zero-order valence-electron chi connectivity index (χ0n) is 12.2. The molecule has 0 saturated carbocycles. The Morgan fingerprint density at radius 3 is 2.70 bits per heavy atom. The molecule has 7 nitrogen and oxygen atoms in total. The number of nitrogens with one attached hydrogen (secondary N) is 1. The van der Waals surface area contributed by atoms with Crippen LogP contribution in [0, 0.1) is 0 Å². The molecule has 0 unspecified atom stereocenters. The third-order valence-electron chi connectivity index (χ3n) is 3.02. The third-order valence-corrected chi connectivity index (χ3v) is 4.45. The normalized spacial score (nSPS) is 12.2. The summed E-state index contributed by atoms with van der Waals surface area (Å²) in [6.45, 7) is 2.10. The number of aromatic nitrogens is 1. The highest BCUT2D eigenvalue weighted by Crippen LogP contribution is 2.12. The van der Waals surface area contributed by atoms with Crippen molar-refractivity contribution in [2.75, 3.05) is 40.4 Å². The molecule has 0 fully saturated rings. The number of aliphatic hydroxyl groups excluding tert-OH is 1. The number of aryl methyl sites for hydroxylation is 1. The van der Waals surface area contributed by atoms with Crippen molar-refractivity contribution in [3.05, 3.63) is 18.0 Å². The Balaban J connectivity index is 2.53. The standard InChI is InChI=1S/C12H23N3O4S/c1-14(6-7-19-3)5-4-13-20(17,18)12-8-11(10-16)15(2)9-12/h8-9,13,16H,4-7,10H2,1-3H3. The molecule has 116 valence electrons. The van der Waals surface area contributed by atoms with Gasteiger partial charge in [-0.05, 0) is 13.1 Å². The molecule has 0 aliphatic heterocycles. The van der Waals surface area contributed by atoms with Gasteiger partial charge in [-0.1, -0.05) is 0 Å². The van der Waals surface area contributed by atoms with E-state index in [1.807, 2.05) is 11.9 Å². The quantitative estimate of drug-likeness (QED) is 0.635. The smallest absolute Gasteiger partial charge is 0.242 e. The van der Waals surface area contributed by atoms with E-state index in [4.69, 9.17) is 9.84 Å². The Kier molecular flexibility index (Phi) is 6.63. The van der Waals surface area contributed by atoms with Gasteiger partial charge in [0.2, 0.25) is 10.0 Å². The number of sulfonamides is 1. The molecule has 0 aliphatic carbocycles. The Morgan fingerprint density at radius 1 is 1.45 bits per heavy atom. The minimum absolute atomic E-state index is 0.170. The van der Waals surface area contributed by atoms with Crippen LogP contribution in [-0.4, -0.2) is 63.4 Å². The number of hydrogen-bond acceptors (Lipinski definition) is 5. The van der Waals surface area contributed by atoms with Crippen LogP contribution in [0.2, 0.25) is 0 Å². The van der Waals surface area contributed by atoms with Gasteiger partial charge in [0.15, 0.2) is 0 Å². The summed E-state index contributed by atoms with van der Waals surface area (Å²) in [6.07, 6.45) is 1.49. The number of ether oxygens (including phenoxy) is 1. The van der Waals surface area contributed by atoms with E-state index in [2.05, 4.69) is 4.72 Å². The second kappa shape index (κ2) is 7.75. The second-order valence-electron chi connectivity index (χ2n) is 4.63. The van der Waals surface area contributed by atoms with Crippen molar-refractivity contribution in [2.24, 2.45) is 7.05 Å². The summed E-state index contributed by atoms with van der Waals surface area (Å²) in [6, 6.07) is 1.47. The van der Waals surface area contributed by atoms with Crippen molar-refractivity contribution in [1.29, 1.82) is 0 Å². The van der Waals surface area contributed by atoms with Crippen molar-refractivity contribution in [3.8, 4) is 0 Å². The lowest BCUT2D eigenvalue weighted by Gasteiger charge is -2.15. The number of nitrogens with zero attached hydrogens (tertiary/aromatic N) is 2. The largest absolute Gasteiger partial charge is 0.390 e. The zero-order chi connectivity index (χ0) is 15.2. The molecule has 1 heterocycles. The number of rotatable bonds is 9. The Labute approximate surface area is 120 Å². The molecule has 2 N–H and O–H groups in total. The van der Waals surface area contributed by atoms with Crippen molar-refractivity contribution in [2.45, 2.75) is 11.5 Å². The lowest BCUT2D eigenvalue weighted by atomic mass is 10.5. The highest BCUT2D eigenvalue weighted by Gasteiger charge is 2.16. The summed E-state index contributed by atoms with van der Waals surface area (Å²) in [5.74, 6) is 0. The SMILES string of the molecule is COCCN(C)CCNS(=O)(=O)c1cc(CO)n(C)c1. The van der Waals surface area contributed by atoms with Crippen molar-refractivity contribution < 1.29 is 18.3 Å². The molecule has 0 aromatic carbocycles. The van der Waals surface area contributed by atoms with E-state index in [1.165, 1.54) is 12.3 Å². The number of likely N-dealkylation sites (N-methyl/N-ethyl adjacent to an activating group) is 1.